The number of benzene rings is 6. The van der Waals surface area contributed by atoms with Crippen LogP contribution in [0.3, 0.4) is 0 Å². The minimum absolute atomic E-state index is 0.0546. The van der Waals surface area contributed by atoms with Crippen LogP contribution in [0.2, 0.25) is 0 Å². The maximum absolute atomic E-state index is 12.4. The van der Waals surface area contributed by atoms with Gasteiger partial charge in [0.2, 0.25) is 0 Å². The van der Waals surface area contributed by atoms with Crippen LogP contribution in [0.15, 0.2) is 70.6 Å². The Hall–Kier alpha value is -7.08. The summed E-state index contributed by atoms with van der Waals surface area (Å²) in [5, 5.41) is 90.5. The maximum Gasteiger partial charge on any atom is 0.337 e. The van der Waals surface area contributed by atoms with Crippen molar-refractivity contribution in [3.05, 3.63) is 105 Å². The van der Waals surface area contributed by atoms with Gasteiger partial charge in [-0.05, 0) is 71.8 Å². The molecular weight excluding hydrogens is 716 g/mol. The van der Waals surface area contributed by atoms with Gasteiger partial charge in [-0.15, -0.1) is 0 Å². The van der Waals surface area contributed by atoms with E-state index in [2.05, 4.69) is 9.98 Å². The highest BCUT2D eigenvalue weighted by Crippen LogP contribution is 2.54. The molecule has 0 aliphatic carbocycles. The SMILES string of the molecule is Cc1cc2c(C(C)C)c(O)c(O)c(/C=N/c3ccccc3C(=O)O)c2c(O)c1-c1c(C)cc2c(C(C)C)c(O)c(O)c(/C=N/c3ccccc3C(=O)O)c2c1O. The first-order chi connectivity index (χ1) is 26.5. The lowest BCUT2D eigenvalue weighted by Gasteiger charge is -2.23. The number of aromatic hydroxyl groups is 6. The Labute approximate surface area is 321 Å². The Kier molecular flexibility index (Phi) is 10.1. The van der Waals surface area contributed by atoms with Crippen molar-refractivity contribution in [1.82, 2.24) is 0 Å². The van der Waals surface area contributed by atoms with E-state index < -0.39 is 46.4 Å². The first-order valence-electron chi connectivity index (χ1n) is 17.7. The van der Waals surface area contributed by atoms with Gasteiger partial charge < -0.3 is 40.9 Å². The van der Waals surface area contributed by atoms with Crippen LogP contribution in [-0.4, -0.2) is 65.2 Å². The minimum atomic E-state index is -1.23. The van der Waals surface area contributed by atoms with Crippen LogP contribution < -0.4 is 0 Å². The number of phenolic OH excluding ortho intramolecular Hbond substituents is 6. The van der Waals surface area contributed by atoms with Crippen molar-refractivity contribution < 1.29 is 50.4 Å². The number of carboxylic acid groups (broad SMARTS) is 2. The molecule has 0 heterocycles. The molecular formula is C44H40N2O10. The standard InChI is InChI=1S/C44H40N2O10/c1-19(2)31-25-15-21(5)33(39(49)35(25)27(37(47)41(31)51)17-45-29-13-9-7-11-23(29)43(53)54)34-22(6)16-26-32(20(3)4)42(52)38(48)28(36(26)40(34)50)18-46-30-14-10-8-12-24(30)44(55)56/h7-20,47-52H,1-6H3,(H,53,54)(H,55,56)/b45-17+,46-18+. The van der Waals surface area contributed by atoms with E-state index >= 15 is 0 Å². The molecule has 0 atom stereocenters. The third-order valence-corrected chi connectivity index (χ3v) is 9.92. The number of aryl methyl sites for hydroxylation is 2. The van der Waals surface area contributed by atoms with Gasteiger partial charge in [0, 0.05) is 45.5 Å². The van der Waals surface area contributed by atoms with Crippen LogP contribution in [-0.2, 0) is 0 Å². The predicted octanol–water partition coefficient (Wildman–Crippen LogP) is 9.65. The minimum Gasteiger partial charge on any atom is -0.507 e. The summed E-state index contributed by atoms with van der Waals surface area (Å²) in [6.07, 6.45) is 2.32. The molecule has 6 aromatic carbocycles. The Morgan fingerprint density at radius 2 is 0.875 bits per heavy atom. The normalized spacial score (nSPS) is 11.9. The Balaban J connectivity index is 1.73. The number of phenols is 6. The molecule has 8 N–H and O–H groups in total. The number of hydrogen-bond donors (Lipinski definition) is 8. The molecule has 0 spiro atoms. The van der Waals surface area contributed by atoms with Crippen LogP contribution >= 0.6 is 0 Å². The van der Waals surface area contributed by atoms with E-state index in [1.807, 2.05) is 0 Å². The van der Waals surface area contributed by atoms with Gasteiger partial charge in [-0.1, -0.05) is 64.1 Å². The molecule has 6 aromatic rings. The largest absolute Gasteiger partial charge is 0.507 e. The Morgan fingerprint density at radius 1 is 0.536 bits per heavy atom. The zero-order valence-electron chi connectivity index (χ0n) is 31.4. The molecule has 6 rings (SSSR count). The molecule has 0 saturated carbocycles. The monoisotopic (exact) mass is 756 g/mol. The molecule has 12 heteroatoms. The topological polar surface area (TPSA) is 221 Å². The maximum atomic E-state index is 12.4. The lowest BCUT2D eigenvalue weighted by molar-refractivity contribution is 0.0687. The number of hydrogen-bond acceptors (Lipinski definition) is 10. The zero-order valence-corrected chi connectivity index (χ0v) is 31.4. The second kappa shape index (κ2) is 14.6. The van der Waals surface area contributed by atoms with Crippen molar-refractivity contribution in [3.63, 3.8) is 0 Å². The van der Waals surface area contributed by atoms with Crippen molar-refractivity contribution in [2.75, 3.05) is 0 Å². The highest BCUT2D eigenvalue weighted by atomic mass is 16.4. The number of rotatable bonds is 9. The van der Waals surface area contributed by atoms with Gasteiger partial charge in [-0.3, -0.25) is 9.98 Å². The summed E-state index contributed by atoms with van der Waals surface area (Å²) in [6, 6.07) is 15.3. The van der Waals surface area contributed by atoms with Crippen molar-refractivity contribution in [3.8, 4) is 45.6 Å². The second-order valence-corrected chi connectivity index (χ2v) is 14.2. The molecule has 0 saturated heterocycles. The fraction of sp³-hybridized carbons (Fsp3) is 0.182. The highest BCUT2D eigenvalue weighted by Gasteiger charge is 2.30. The van der Waals surface area contributed by atoms with Crippen LogP contribution in [0.1, 0.15) is 93.6 Å². The van der Waals surface area contributed by atoms with Crippen molar-refractivity contribution in [2.45, 2.75) is 53.4 Å². The van der Waals surface area contributed by atoms with E-state index in [9.17, 15) is 50.4 Å². The molecule has 0 aromatic heterocycles. The molecule has 0 aliphatic heterocycles. The summed E-state index contributed by atoms with van der Waals surface area (Å²) in [6.45, 7) is 10.6. The average Bonchev–Trinajstić information content (AvgIpc) is 3.13. The van der Waals surface area contributed by atoms with E-state index in [1.165, 1.54) is 36.4 Å². The van der Waals surface area contributed by atoms with Gasteiger partial charge >= 0.3 is 11.9 Å². The Morgan fingerprint density at radius 3 is 1.20 bits per heavy atom. The van der Waals surface area contributed by atoms with E-state index in [0.29, 0.717) is 33.0 Å². The number of aliphatic imine (C=N–C) groups is 2. The van der Waals surface area contributed by atoms with Gasteiger partial charge in [0.25, 0.3) is 0 Å². The Bertz CT molecular complexity index is 2510. The van der Waals surface area contributed by atoms with Crippen molar-refractivity contribution >= 4 is 57.3 Å². The van der Waals surface area contributed by atoms with E-state index in [1.54, 1.807) is 65.8 Å². The summed E-state index contributed by atoms with van der Waals surface area (Å²) in [7, 11) is 0. The molecule has 12 nitrogen and oxygen atoms in total. The smallest absolute Gasteiger partial charge is 0.337 e. The molecule has 286 valence electrons. The van der Waals surface area contributed by atoms with Gasteiger partial charge in [0.05, 0.1) is 33.6 Å². The molecule has 0 unspecified atom stereocenters. The highest BCUT2D eigenvalue weighted by molar-refractivity contribution is 6.15. The van der Waals surface area contributed by atoms with Crippen LogP contribution in [0.25, 0.3) is 32.7 Å². The second-order valence-electron chi connectivity index (χ2n) is 14.2. The zero-order chi connectivity index (χ0) is 40.9. The fourth-order valence-corrected chi connectivity index (χ4v) is 7.43. The number of fused-ring (bicyclic) bond motifs is 2. The van der Waals surface area contributed by atoms with E-state index in [0.717, 1.165) is 12.4 Å². The van der Waals surface area contributed by atoms with E-state index in [4.69, 9.17) is 0 Å². The lowest BCUT2D eigenvalue weighted by atomic mass is 9.83. The lowest BCUT2D eigenvalue weighted by Crippen LogP contribution is -2.01. The van der Waals surface area contributed by atoms with Gasteiger partial charge in [0.15, 0.2) is 23.0 Å². The summed E-state index contributed by atoms with van der Waals surface area (Å²) >= 11 is 0. The number of aromatic carboxylic acids is 2. The number of para-hydroxylation sites is 2. The summed E-state index contributed by atoms with van der Waals surface area (Å²) < 4.78 is 0. The van der Waals surface area contributed by atoms with Crippen LogP contribution in [0.4, 0.5) is 11.4 Å². The summed E-state index contributed by atoms with van der Waals surface area (Å²) in [4.78, 5) is 32.5. The molecule has 0 amide bonds. The molecule has 0 fully saturated rings. The van der Waals surface area contributed by atoms with E-state index in [-0.39, 0.29) is 67.4 Å². The molecule has 0 radical (unpaired) electrons. The third-order valence-electron chi connectivity index (χ3n) is 9.92. The number of carboxylic acids is 2. The van der Waals surface area contributed by atoms with Crippen LogP contribution in [0, 0.1) is 13.8 Å². The molecule has 56 heavy (non-hydrogen) atoms. The van der Waals surface area contributed by atoms with Crippen molar-refractivity contribution in [1.29, 1.82) is 0 Å². The third kappa shape index (κ3) is 6.34. The first-order valence-corrected chi connectivity index (χ1v) is 17.7. The fourth-order valence-electron chi connectivity index (χ4n) is 7.43. The quantitative estimate of drug-likeness (QED) is 0.0515. The summed E-state index contributed by atoms with van der Waals surface area (Å²) in [5.74, 6) is -6.06. The molecule has 0 aliphatic rings. The van der Waals surface area contributed by atoms with Gasteiger partial charge in [-0.2, -0.15) is 0 Å². The first kappa shape index (κ1) is 38.6. The summed E-state index contributed by atoms with van der Waals surface area (Å²) in [5.41, 5.74) is 1.47. The molecule has 0 bridgehead atoms. The van der Waals surface area contributed by atoms with Gasteiger partial charge in [-0.25, -0.2) is 9.59 Å². The van der Waals surface area contributed by atoms with Crippen molar-refractivity contribution in [2.24, 2.45) is 9.98 Å². The van der Waals surface area contributed by atoms with Gasteiger partial charge in [0.1, 0.15) is 11.5 Å². The predicted molar refractivity (Wildman–Crippen MR) is 216 cm³/mol. The number of carbonyl (C=O) groups is 2. The number of nitrogens with zero attached hydrogens (tertiary/aromatic N) is 2. The average molecular weight is 757 g/mol. The van der Waals surface area contributed by atoms with Crippen LogP contribution in [0.5, 0.6) is 34.5 Å².